The lowest BCUT2D eigenvalue weighted by molar-refractivity contribution is -0.136. The Kier molecular flexibility index (Phi) is 5.44. The smallest absolute Gasteiger partial charge is 0.255 e. The van der Waals surface area contributed by atoms with Crippen LogP contribution in [0.4, 0.5) is 0 Å². The van der Waals surface area contributed by atoms with Gasteiger partial charge in [-0.25, -0.2) is 0 Å². The van der Waals surface area contributed by atoms with Crippen LogP contribution in [-0.4, -0.2) is 47.8 Å². The highest BCUT2D eigenvalue weighted by molar-refractivity contribution is 6.05. The molecule has 3 N–H and O–H groups in total. The standard InChI is InChI=1S/C22H30N4O3/c1-22(2)9-4-10-24-17(22)12-23-11-14-5-3-6-15-13-26(21(29)19(14)15)16-7-8-18(27)25-20(16)28/h3,5-6,16-17,23-24H,4,7-13H2,1-2H3,(H,25,27,28). The Balaban J connectivity index is 1.43. The monoisotopic (exact) mass is 398 g/mol. The maximum atomic E-state index is 13.1. The first-order valence-corrected chi connectivity index (χ1v) is 10.6. The number of hydrogen-bond acceptors (Lipinski definition) is 5. The Labute approximate surface area is 171 Å². The molecular formula is C22H30N4O3. The van der Waals surface area contributed by atoms with E-state index in [1.807, 2.05) is 18.2 Å². The number of rotatable bonds is 5. The zero-order valence-electron chi connectivity index (χ0n) is 17.2. The molecule has 1 aromatic carbocycles. The van der Waals surface area contributed by atoms with Crippen molar-refractivity contribution in [1.29, 1.82) is 0 Å². The number of amides is 3. The van der Waals surface area contributed by atoms with Crippen molar-refractivity contribution in [3.05, 3.63) is 34.9 Å². The molecule has 3 amide bonds. The Bertz CT molecular complexity index is 835. The van der Waals surface area contributed by atoms with Gasteiger partial charge in [0.1, 0.15) is 6.04 Å². The van der Waals surface area contributed by atoms with Gasteiger partial charge >= 0.3 is 0 Å². The van der Waals surface area contributed by atoms with E-state index in [0.717, 1.165) is 24.2 Å². The van der Waals surface area contributed by atoms with Crippen molar-refractivity contribution in [2.45, 2.75) is 64.7 Å². The summed E-state index contributed by atoms with van der Waals surface area (Å²) in [5.41, 5.74) is 2.88. The lowest BCUT2D eigenvalue weighted by Crippen LogP contribution is -2.52. The quantitative estimate of drug-likeness (QED) is 0.651. The molecule has 1 aromatic rings. The van der Waals surface area contributed by atoms with E-state index in [0.29, 0.717) is 31.1 Å². The van der Waals surface area contributed by atoms with Crippen LogP contribution in [0.1, 0.15) is 61.0 Å². The van der Waals surface area contributed by atoms with Crippen LogP contribution < -0.4 is 16.0 Å². The van der Waals surface area contributed by atoms with Crippen molar-refractivity contribution < 1.29 is 14.4 Å². The normalized spacial score (nSPS) is 26.4. The van der Waals surface area contributed by atoms with Crippen molar-refractivity contribution in [3.8, 4) is 0 Å². The molecule has 7 nitrogen and oxygen atoms in total. The van der Waals surface area contributed by atoms with Crippen molar-refractivity contribution in [3.63, 3.8) is 0 Å². The van der Waals surface area contributed by atoms with E-state index in [2.05, 4.69) is 29.8 Å². The number of fused-ring (bicyclic) bond motifs is 1. The fraction of sp³-hybridized carbons (Fsp3) is 0.591. The average Bonchev–Trinajstić information content (AvgIpc) is 3.00. The predicted molar refractivity (Wildman–Crippen MR) is 109 cm³/mol. The van der Waals surface area contributed by atoms with Crippen molar-refractivity contribution in [1.82, 2.24) is 20.9 Å². The van der Waals surface area contributed by atoms with Gasteiger partial charge in [-0.1, -0.05) is 32.0 Å². The van der Waals surface area contributed by atoms with Gasteiger partial charge < -0.3 is 15.5 Å². The first-order valence-electron chi connectivity index (χ1n) is 10.6. The minimum Gasteiger partial charge on any atom is -0.322 e. The molecule has 0 bridgehead atoms. The van der Waals surface area contributed by atoms with Gasteiger partial charge in [-0.05, 0) is 42.3 Å². The summed E-state index contributed by atoms with van der Waals surface area (Å²) in [6.45, 7) is 7.54. The summed E-state index contributed by atoms with van der Waals surface area (Å²) in [4.78, 5) is 38.4. The molecule has 7 heteroatoms. The number of carbonyl (C=O) groups excluding carboxylic acids is 3. The van der Waals surface area contributed by atoms with Gasteiger partial charge in [-0.3, -0.25) is 19.7 Å². The van der Waals surface area contributed by atoms with Crippen LogP contribution in [0.15, 0.2) is 18.2 Å². The van der Waals surface area contributed by atoms with Crippen LogP contribution in [0.3, 0.4) is 0 Å². The lowest BCUT2D eigenvalue weighted by Gasteiger charge is -2.39. The second-order valence-electron chi connectivity index (χ2n) is 9.08. The molecule has 4 rings (SSSR count). The predicted octanol–water partition coefficient (Wildman–Crippen LogP) is 1.32. The molecule has 3 aliphatic rings. The average molecular weight is 399 g/mol. The van der Waals surface area contributed by atoms with Gasteiger partial charge in [0.05, 0.1) is 0 Å². The summed E-state index contributed by atoms with van der Waals surface area (Å²) in [5, 5.41) is 9.49. The van der Waals surface area contributed by atoms with Crippen LogP contribution in [0.2, 0.25) is 0 Å². The summed E-state index contributed by atoms with van der Waals surface area (Å²) >= 11 is 0. The van der Waals surface area contributed by atoms with Crippen LogP contribution in [0, 0.1) is 5.41 Å². The number of carbonyl (C=O) groups is 3. The molecule has 0 spiro atoms. The van der Waals surface area contributed by atoms with E-state index in [1.165, 1.54) is 12.8 Å². The van der Waals surface area contributed by atoms with Crippen LogP contribution in [0.25, 0.3) is 0 Å². The maximum Gasteiger partial charge on any atom is 0.255 e. The third-order valence-corrected chi connectivity index (χ3v) is 6.63. The zero-order valence-corrected chi connectivity index (χ0v) is 17.2. The molecule has 29 heavy (non-hydrogen) atoms. The largest absolute Gasteiger partial charge is 0.322 e. The molecule has 3 heterocycles. The van der Waals surface area contributed by atoms with Gasteiger partial charge in [0.15, 0.2) is 0 Å². The Hall–Kier alpha value is -2.25. The van der Waals surface area contributed by atoms with E-state index in [1.54, 1.807) is 4.90 Å². The lowest BCUT2D eigenvalue weighted by atomic mass is 9.77. The summed E-state index contributed by atoms with van der Waals surface area (Å²) in [5.74, 6) is -0.741. The van der Waals surface area contributed by atoms with Crippen molar-refractivity contribution >= 4 is 17.7 Å². The molecule has 2 atom stereocenters. The first kappa shape index (κ1) is 20.0. The second kappa shape index (κ2) is 7.88. The second-order valence-corrected chi connectivity index (χ2v) is 9.08. The van der Waals surface area contributed by atoms with Gasteiger partial charge in [0.2, 0.25) is 11.8 Å². The fourth-order valence-electron chi connectivity index (χ4n) is 4.81. The van der Waals surface area contributed by atoms with E-state index < -0.39 is 6.04 Å². The highest BCUT2D eigenvalue weighted by Crippen LogP contribution is 2.31. The third-order valence-electron chi connectivity index (χ3n) is 6.63. The molecular weight excluding hydrogens is 368 g/mol. The van der Waals surface area contributed by atoms with E-state index in [4.69, 9.17) is 0 Å². The summed E-state index contributed by atoms with van der Waals surface area (Å²) in [6, 6.07) is 5.75. The number of hydrogen-bond donors (Lipinski definition) is 3. The van der Waals surface area contributed by atoms with E-state index in [-0.39, 0.29) is 29.6 Å². The van der Waals surface area contributed by atoms with Gasteiger partial charge in [-0.2, -0.15) is 0 Å². The van der Waals surface area contributed by atoms with Crippen molar-refractivity contribution in [2.24, 2.45) is 5.41 Å². The highest BCUT2D eigenvalue weighted by atomic mass is 16.2. The minimum absolute atomic E-state index is 0.108. The molecule has 156 valence electrons. The zero-order chi connectivity index (χ0) is 20.6. The highest BCUT2D eigenvalue weighted by Gasteiger charge is 2.40. The molecule has 2 fully saturated rings. The summed E-state index contributed by atoms with van der Waals surface area (Å²) in [7, 11) is 0. The van der Waals surface area contributed by atoms with Gasteiger partial charge in [0, 0.05) is 37.7 Å². The van der Waals surface area contributed by atoms with Gasteiger partial charge in [0.25, 0.3) is 5.91 Å². The van der Waals surface area contributed by atoms with Crippen molar-refractivity contribution in [2.75, 3.05) is 13.1 Å². The minimum atomic E-state index is -0.569. The molecule has 0 radical (unpaired) electrons. The number of nitrogens with zero attached hydrogens (tertiary/aromatic N) is 1. The Morgan fingerprint density at radius 1 is 1.24 bits per heavy atom. The van der Waals surface area contributed by atoms with Crippen LogP contribution in [-0.2, 0) is 22.7 Å². The molecule has 2 unspecified atom stereocenters. The fourth-order valence-corrected chi connectivity index (χ4v) is 4.81. The number of imide groups is 1. The molecule has 0 aliphatic carbocycles. The van der Waals surface area contributed by atoms with E-state index in [9.17, 15) is 14.4 Å². The van der Waals surface area contributed by atoms with Crippen LogP contribution >= 0.6 is 0 Å². The van der Waals surface area contributed by atoms with Crippen LogP contribution in [0.5, 0.6) is 0 Å². The first-order chi connectivity index (χ1) is 13.9. The molecule has 0 aromatic heterocycles. The number of nitrogens with one attached hydrogen (secondary N) is 3. The topological polar surface area (TPSA) is 90.5 Å². The van der Waals surface area contributed by atoms with E-state index >= 15 is 0 Å². The summed E-state index contributed by atoms with van der Waals surface area (Å²) < 4.78 is 0. The molecule has 0 saturated carbocycles. The molecule has 2 saturated heterocycles. The Morgan fingerprint density at radius 3 is 2.83 bits per heavy atom. The van der Waals surface area contributed by atoms with Gasteiger partial charge in [-0.15, -0.1) is 0 Å². The SMILES string of the molecule is CC1(C)CCCNC1CNCc1cccc2c1C(=O)N(C1CCC(=O)NC1=O)C2. The third kappa shape index (κ3) is 3.94. The number of piperidine rings is 2. The molecule has 3 aliphatic heterocycles. The number of benzene rings is 1. The summed E-state index contributed by atoms with van der Waals surface area (Å²) in [6.07, 6.45) is 3.09. The Morgan fingerprint density at radius 2 is 2.07 bits per heavy atom. The maximum absolute atomic E-state index is 13.1.